The second kappa shape index (κ2) is 8.98. The van der Waals surface area contributed by atoms with Gasteiger partial charge >= 0.3 is 0 Å². The number of Topliss-reactive ketones (excluding diaryl/α,β-unsaturated/α-hetero) is 1. The summed E-state index contributed by atoms with van der Waals surface area (Å²) in [6.07, 6.45) is 1.64. The van der Waals surface area contributed by atoms with Gasteiger partial charge in [-0.1, -0.05) is 18.5 Å². The summed E-state index contributed by atoms with van der Waals surface area (Å²) in [5.41, 5.74) is 9.28. The number of carbonyl (C=O) groups is 1. The predicted molar refractivity (Wildman–Crippen MR) is 127 cm³/mol. The lowest BCUT2D eigenvalue weighted by atomic mass is 9.76. The third-order valence-corrected chi connectivity index (χ3v) is 7.99. The molecule has 1 aromatic carbocycles. The summed E-state index contributed by atoms with van der Waals surface area (Å²) in [5, 5.41) is 23.3. The molecular weight excluding hydrogens is 468 g/mol. The highest BCUT2D eigenvalue weighted by Crippen LogP contribution is 2.50. The standard InChI is InChI=1S/C22H19ClN4O3S2/c1-2-31-22-13(8-9-32-22)19-14(11-24)21(25)26(17-4-3-5-18(28)20(17)19)16-7-6-12(27(29)30)10-15(16)23/h6-10,19H,2-5,25H2,1H3/t19-/m1/s1. The number of thiophene rings is 1. The molecule has 0 radical (unpaired) electrons. The Morgan fingerprint density at radius 1 is 1.41 bits per heavy atom. The average molecular weight is 487 g/mol. The summed E-state index contributed by atoms with van der Waals surface area (Å²) >= 11 is 9.67. The van der Waals surface area contributed by atoms with Gasteiger partial charge in [0.25, 0.3) is 5.69 Å². The topological polar surface area (TPSA) is 113 Å². The number of allylic oxidation sites excluding steroid dienone is 3. The highest BCUT2D eigenvalue weighted by atomic mass is 35.5. The number of hydrogen-bond acceptors (Lipinski definition) is 8. The van der Waals surface area contributed by atoms with E-state index in [-0.39, 0.29) is 27.9 Å². The summed E-state index contributed by atoms with van der Waals surface area (Å²) in [7, 11) is 0. The van der Waals surface area contributed by atoms with E-state index in [0.717, 1.165) is 15.5 Å². The Labute approximate surface area is 198 Å². The van der Waals surface area contributed by atoms with E-state index in [4.69, 9.17) is 17.3 Å². The van der Waals surface area contributed by atoms with Crippen LogP contribution in [0.25, 0.3) is 0 Å². The molecule has 2 N–H and O–H groups in total. The van der Waals surface area contributed by atoms with Crippen molar-refractivity contribution in [3.8, 4) is 6.07 Å². The highest BCUT2D eigenvalue weighted by molar-refractivity contribution is 8.01. The Morgan fingerprint density at radius 2 is 2.19 bits per heavy atom. The van der Waals surface area contributed by atoms with E-state index in [9.17, 15) is 20.2 Å². The summed E-state index contributed by atoms with van der Waals surface area (Å²) in [6, 6.07) is 8.29. The number of nitro benzene ring substituents is 1. The van der Waals surface area contributed by atoms with E-state index in [1.54, 1.807) is 28.0 Å². The van der Waals surface area contributed by atoms with Crippen molar-refractivity contribution in [2.45, 2.75) is 36.3 Å². The summed E-state index contributed by atoms with van der Waals surface area (Å²) < 4.78 is 1.06. The predicted octanol–water partition coefficient (Wildman–Crippen LogP) is 5.73. The number of thioether (sulfide) groups is 1. The molecule has 2 heterocycles. The van der Waals surface area contributed by atoms with Crippen molar-refractivity contribution in [1.82, 2.24) is 0 Å². The molecule has 2 aromatic rings. The molecule has 1 aliphatic heterocycles. The van der Waals surface area contributed by atoms with Gasteiger partial charge in [0.1, 0.15) is 5.82 Å². The Morgan fingerprint density at radius 3 is 2.84 bits per heavy atom. The first-order valence-corrected chi connectivity index (χ1v) is 12.2. The molecule has 0 bridgehead atoms. The smallest absolute Gasteiger partial charge is 0.271 e. The molecule has 0 fully saturated rings. The molecule has 10 heteroatoms. The average Bonchev–Trinajstić information content (AvgIpc) is 3.21. The van der Waals surface area contributed by atoms with Crippen LogP contribution < -0.4 is 10.6 Å². The third-order valence-electron chi connectivity index (χ3n) is 5.54. The number of nitrogens with two attached hydrogens (primary N) is 1. The van der Waals surface area contributed by atoms with Crippen LogP contribution in [0.5, 0.6) is 0 Å². The van der Waals surface area contributed by atoms with Gasteiger partial charge in [0, 0.05) is 29.8 Å². The number of nitro groups is 1. The van der Waals surface area contributed by atoms with Crippen LogP contribution in [-0.2, 0) is 4.79 Å². The molecule has 0 saturated heterocycles. The van der Waals surface area contributed by atoms with Crippen LogP contribution in [0.15, 0.2) is 56.5 Å². The zero-order chi connectivity index (χ0) is 23.0. The van der Waals surface area contributed by atoms with Crippen LogP contribution in [0.4, 0.5) is 11.4 Å². The van der Waals surface area contributed by atoms with E-state index in [1.807, 2.05) is 11.4 Å². The minimum Gasteiger partial charge on any atom is -0.384 e. The van der Waals surface area contributed by atoms with Gasteiger partial charge in [0.15, 0.2) is 5.78 Å². The Hall–Kier alpha value is -2.80. The van der Waals surface area contributed by atoms with Crippen LogP contribution in [-0.4, -0.2) is 16.5 Å². The van der Waals surface area contributed by atoms with E-state index in [0.29, 0.717) is 36.2 Å². The fourth-order valence-electron chi connectivity index (χ4n) is 4.23. The lowest BCUT2D eigenvalue weighted by molar-refractivity contribution is -0.384. The number of nitriles is 1. The number of ketones is 1. The van der Waals surface area contributed by atoms with Crippen molar-refractivity contribution in [3.63, 3.8) is 0 Å². The molecule has 0 saturated carbocycles. The van der Waals surface area contributed by atoms with Crippen LogP contribution in [0, 0.1) is 21.4 Å². The molecule has 1 aromatic heterocycles. The number of rotatable bonds is 5. The molecule has 2 aliphatic rings. The normalized spacial score (nSPS) is 18.6. The molecular formula is C22H19ClN4O3S2. The largest absolute Gasteiger partial charge is 0.384 e. The lowest BCUT2D eigenvalue weighted by Gasteiger charge is -2.39. The molecule has 0 unspecified atom stereocenters. The fourth-order valence-corrected chi connectivity index (χ4v) is 6.56. The molecule has 1 aliphatic carbocycles. The maximum atomic E-state index is 13.2. The van der Waals surface area contributed by atoms with Gasteiger partial charge in [-0.2, -0.15) is 5.26 Å². The fraction of sp³-hybridized carbons (Fsp3) is 0.273. The minimum atomic E-state index is -0.531. The molecule has 4 rings (SSSR count). The summed E-state index contributed by atoms with van der Waals surface area (Å²) in [6.45, 7) is 2.05. The second-order valence-corrected chi connectivity index (χ2v) is 10.2. The summed E-state index contributed by atoms with van der Waals surface area (Å²) in [4.78, 5) is 25.4. The molecule has 32 heavy (non-hydrogen) atoms. The Kier molecular flexibility index (Phi) is 6.29. The first kappa shape index (κ1) is 22.4. The zero-order valence-corrected chi connectivity index (χ0v) is 19.5. The lowest BCUT2D eigenvalue weighted by Crippen LogP contribution is -2.38. The van der Waals surface area contributed by atoms with Crippen LogP contribution in [0.3, 0.4) is 0 Å². The Bertz CT molecular complexity index is 1230. The Balaban J connectivity index is 1.95. The monoisotopic (exact) mass is 486 g/mol. The van der Waals surface area contributed by atoms with Crippen LogP contribution >= 0.6 is 34.7 Å². The SMILES string of the molecule is CCSc1sccc1[C@@H]1C(C#N)=C(N)N(c2ccc([N+](=O)[O-])cc2Cl)C2=C1C(=O)CCC2. The van der Waals surface area contributed by atoms with E-state index in [2.05, 4.69) is 13.0 Å². The third kappa shape index (κ3) is 3.68. The van der Waals surface area contributed by atoms with Crippen molar-refractivity contribution in [2.24, 2.45) is 5.73 Å². The first-order chi connectivity index (χ1) is 15.4. The van der Waals surface area contributed by atoms with Gasteiger partial charge in [-0.3, -0.25) is 19.8 Å². The maximum Gasteiger partial charge on any atom is 0.271 e. The van der Waals surface area contributed by atoms with E-state index in [1.165, 1.54) is 18.2 Å². The van der Waals surface area contributed by atoms with Crippen LogP contribution in [0.2, 0.25) is 5.02 Å². The molecule has 164 valence electrons. The van der Waals surface area contributed by atoms with Gasteiger partial charge in [0.2, 0.25) is 0 Å². The molecule has 7 nitrogen and oxygen atoms in total. The van der Waals surface area contributed by atoms with Crippen molar-refractivity contribution in [1.29, 1.82) is 5.26 Å². The zero-order valence-electron chi connectivity index (χ0n) is 17.1. The molecule has 0 spiro atoms. The van der Waals surface area contributed by atoms with Gasteiger partial charge in [0.05, 0.1) is 37.4 Å². The van der Waals surface area contributed by atoms with Crippen molar-refractivity contribution >= 4 is 51.9 Å². The van der Waals surface area contributed by atoms with Gasteiger partial charge in [-0.05, 0) is 41.7 Å². The molecule has 0 amide bonds. The maximum absolute atomic E-state index is 13.2. The van der Waals surface area contributed by atoms with E-state index < -0.39 is 10.8 Å². The number of benzene rings is 1. The van der Waals surface area contributed by atoms with Gasteiger partial charge in [-0.15, -0.1) is 23.1 Å². The van der Waals surface area contributed by atoms with Gasteiger partial charge < -0.3 is 5.73 Å². The second-order valence-electron chi connectivity index (χ2n) is 7.31. The number of halogens is 1. The van der Waals surface area contributed by atoms with Crippen molar-refractivity contribution in [3.05, 3.63) is 73.0 Å². The number of anilines is 1. The number of carbonyl (C=O) groups excluding carboxylic acids is 1. The number of nitrogens with zero attached hydrogens (tertiary/aromatic N) is 3. The van der Waals surface area contributed by atoms with Crippen molar-refractivity contribution < 1.29 is 9.72 Å². The molecule has 1 atom stereocenters. The summed E-state index contributed by atoms with van der Waals surface area (Å²) in [5.74, 6) is 0.515. The quantitative estimate of drug-likeness (QED) is 0.326. The van der Waals surface area contributed by atoms with Crippen LogP contribution in [0.1, 0.15) is 37.7 Å². The first-order valence-electron chi connectivity index (χ1n) is 9.99. The minimum absolute atomic E-state index is 0.0156. The number of hydrogen-bond donors (Lipinski definition) is 1. The highest BCUT2D eigenvalue weighted by Gasteiger charge is 2.41. The van der Waals surface area contributed by atoms with Crippen molar-refractivity contribution in [2.75, 3.05) is 10.7 Å². The van der Waals surface area contributed by atoms with E-state index >= 15 is 0 Å². The van der Waals surface area contributed by atoms with Gasteiger partial charge in [-0.25, -0.2) is 0 Å². The number of non-ortho nitro benzene ring substituents is 1.